The highest BCUT2D eigenvalue weighted by Gasteiger charge is 2.26. The topological polar surface area (TPSA) is 100 Å². The van der Waals surface area contributed by atoms with Crippen LogP contribution in [0.25, 0.3) is 11.5 Å². The van der Waals surface area contributed by atoms with Gasteiger partial charge in [-0.1, -0.05) is 5.16 Å². The van der Waals surface area contributed by atoms with Crippen LogP contribution in [0.5, 0.6) is 0 Å². The monoisotopic (exact) mass is 355 g/mol. The van der Waals surface area contributed by atoms with E-state index >= 15 is 0 Å². The Morgan fingerprint density at radius 2 is 2.25 bits per heavy atom. The zero-order valence-corrected chi connectivity index (χ0v) is 14.1. The highest BCUT2D eigenvalue weighted by Crippen LogP contribution is 2.30. The molecule has 1 saturated heterocycles. The van der Waals surface area contributed by atoms with Crippen molar-refractivity contribution in [3.8, 4) is 11.5 Å². The molecule has 1 aromatic carbocycles. The number of rotatable bonds is 4. The first kappa shape index (κ1) is 16.8. The third kappa shape index (κ3) is 3.71. The summed E-state index contributed by atoms with van der Waals surface area (Å²) < 4.78 is 44.1. The molecular formula is C14H18FN5O3S. The van der Waals surface area contributed by atoms with Gasteiger partial charge < -0.3 is 9.84 Å². The van der Waals surface area contributed by atoms with E-state index in [1.165, 1.54) is 6.07 Å². The van der Waals surface area contributed by atoms with Gasteiger partial charge in [-0.25, -0.2) is 12.8 Å². The number of likely N-dealkylation sites (N-methyl/N-ethyl adjacent to an activating group) is 1. The number of anilines is 1. The summed E-state index contributed by atoms with van der Waals surface area (Å²) in [7, 11) is -1.56. The zero-order valence-electron chi connectivity index (χ0n) is 13.3. The molecule has 0 aliphatic carbocycles. The summed E-state index contributed by atoms with van der Waals surface area (Å²) in [4.78, 5) is 6.42. The van der Waals surface area contributed by atoms with E-state index in [1.54, 1.807) is 0 Å². The number of benzene rings is 1. The van der Waals surface area contributed by atoms with Crippen molar-refractivity contribution in [2.24, 2.45) is 0 Å². The molecule has 0 spiro atoms. The molecule has 1 aromatic heterocycles. The Balaban J connectivity index is 1.96. The number of halogens is 1. The van der Waals surface area contributed by atoms with Crippen LogP contribution in [-0.2, 0) is 10.0 Å². The minimum atomic E-state index is -3.52. The van der Waals surface area contributed by atoms with Crippen molar-refractivity contribution in [1.82, 2.24) is 20.4 Å². The molecule has 0 saturated carbocycles. The molecule has 0 bridgehead atoms. The smallest absolute Gasteiger partial charge is 0.260 e. The van der Waals surface area contributed by atoms with Gasteiger partial charge in [-0.3, -0.25) is 9.62 Å². The molecule has 24 heavy (non-hydrogen) atoms. The average Bonchev–Trinajstić information content (AvgIpc) is 2.98. The van der Waals surface area contributed by atoms with Crippen LogP contribution in [-0.4, -0.2) is 56.4 Å². The first-order valence-corrected chi connectivity index (χ1v) is 9.25. The quantitative estimate of drug-likeness (QED) is 0.837. The van der Waals surface area contributed by atoms with E-state index in [2.05, 4.69) is 25.1 Å². The number of aromatic nitrogens is 2. The van der Waals surface area contributed by atoms with E-state index in [4.69, 9.17) is 4.52 Å². The molecule has 1 aliphatic rings. The van der Waals surface area contributed by atoms with E-state index in [0.29, 0.717) is 12.4 Å². The highest BCUT2D eigenvalue weighted by atomic mass is 32.2. The van der Waals surface area contributed by atoms with Gasteiger partial charge in [0, 0.05) is 19.6 Å². The molecule has 8 nitrogen and oxygen atoms in total. The van der Waals surface area contributed by atoms with Gasteiger partial charge in [0.05, 0.1) is 23.5 Å². The molecular weight excluding hydrogens is 337 g/mol. The lowest BCUT2D eigenvalue weighted by Gasteiger charge is -2.30. The first-order chi connectivity index (χ1) is 11.3. The Labute approximate surface area is 139 Å². The van der Waals surface area contributed by atoms with E-state index in [-0.39, 0.29) is 23.2 Å². The Hall–Kier alpha value is -2.04. The van der Waals surface area contributed by atoms with Crippen LogP contribution in [0.2, 0.25) is 0 Å². The zero-order chi connectivity index (χ0) is 17.3. The van der Waals surface area contributed by atoms with Crippen LogP contribution in [0.15, 0.2) is 22.7 Å². The van der Waals surface area contributed by atoms with Crippen molar-refractivity contribution in [2.75, 3.05) is 37.7 Å². The molecule has 1 aliphatic heterocycles. The minimum absolute atomic E-state index is 0.0591. The van der Waals surface area contributed by atoms with Gasteiger partial charge in [-0.05, 0) is 25.2 Å². The van der Waals surface area contributed by atoms with Crippen LogP contribution in [0, 0.1) is 5.82 Å². The third-order valence-electron chi connectivity index (χ3n) is 3.76. The second kappa shape index (κ2) is 6.46. The largest absolute Gasteiger partial charge is 0.334 e. The predicted molar refractivity (Wildman–Crippen MR) is 86.4 cm³/mol. The summed E-state index contributed by atoms with van der Waals surface area (Å²) in [5.41, 5.74) is 0.384. The molecule has 3 rings (SSSR count). The van der Waals surface area contributed by atoms with Crippen molar-refractivity contribution in [3.05, 3.63) is 29.8 Å². The van der Waals surface area contributed by atoms with Gasteiger partial charge in [-0.15, -0.1) is 0 Å². The molecule has 130 valence electrons. The molecule has 2 N–H and O–H groups in total. The van der Waals surface area contributed by atoms with E-state index in [9.17, 15) is 12.8 Å². The van der Waals surface area contributed by atoms with Crippen molar-refractivity contribution in [3.63, 3.8) is 0 Å². The fourth-order valence-corrected chi connectivity index (χ4v) is 3.13. The Morgan fingerprint density at radius 1 is 1.46 bits per heavy atom. The summed E-state index contributed by atoms with van der Waals surface area (Å²) in [6, 6.07) is 3.58. The van der Waals surface area contributed by atoms with Crippen LogP contribution >= 0.6 is 0 Å². The summed E-state index contributed by atoms with van der Waals surface area (Å²) in [5.74, 6) is 0.00384. The minimum Gasteiger partial charge on any atom is -0.334 e. The average molecular weight is 355 g/mol. The lowest BCUT2D eigenvalue weighted by molar-refractivity contribution is 0.190. The van der Waals surface area contributed by atoms with Crippen LogP contribution in [0.1, 0.15) is 11.9 Å². The predicted octanol–water partition coefficient (Wildman–Crippen LogP) is 0.823. The number of nitrogens with one attached hydrogen (secondary N) is 2. The normalized spacial score (nSPS) is 19.4. The maximum atomic E-state index is 13.6. The highest BCUT2D eigenvalue weighted by molar-refractivity contribution is 7.92. The molecule has 1 fully saturated rings. The fraction of sp³-hybridized carbons (Fsp3) is 0.429. The third-order valence-corrected chi connectivity index (χ3v) is 4.35. The molecule has 10 heteroatoms. The van der Waals surface area contributed by atoms with Crippen molar-refractivity contribution >= 4 is 15.7 Å². The lowest BCUT2D eigenvalue weighted by Crippen LogP contribution is -2.44. The van der Waals surface area contributed by atoms with Gasteiger partial charge in [0.1, 0.15) is 5.82 Å². The number of hydrogen-bond donors (Lipinski definition) is 2. The summed E-state index contributed by atoms with van der Waals surface area (Å²) in [5, 5.41) is 7.22. The first-order valence-electron chi connectivity index (χ1n) is 7.36. The molecule has 2 heterocycles. The van der Waals surface area contributed by atoms with Gasteiger partial charge in [0.25, 0.3) is 5.89 Å². The van der Waals surface area contributed by atoms with Gasteiger partial charge in [-0.2, -0.15) is 4.98 Å². The Morgan fingerprint density at radius 3 is 2.96 bits per heavy atom. The second-order valence-corrected chi connectivity index (χ2v) is 7.47. The van der Waals surface area contributed by atoms with Gasteiger partial charge in [0.15, 0.2) is 5.82 Å². The van der Waals surface area contributed by atoms with Crippen LogP contribution in [0.4, 0.5) is 10.1 Å². The second-order valence-electron chi connectivity index (χ2n) is 5.72. The number of nitrogens with zero attached hydrogens (tertiary/aromatic N) is 3. The number of sulfonamides is 1. The maximum absolute atomic E-state index is 13.6. The summed E-state index contributed by atoms with van der Waals surface area (Å²) in [6.45, 7) is 2.40. The molecule has 1 unspecified atom stereocenters. The number of hydrogen-bond acceptors (Lipinski definition) is 7. The Bertz CT molecular complexity index is 839. The Kier molecular flexibility index (Phi) is 4.52. The van der Waals surface area contributed by atoms with Crippen LogP contribution < -0.4 is 10.0 Å². The van der Waals surface area contributed by atoms with E-state index in [0.717, 1.165) is 31.5 Å². The maximum Gasteiger partial charge on any atom is 0.260 e. The van der Waals surface area contributed by atoms with Crippen LogP contribution in [0.3, 0.4) is 0 Å². The number of piperazine rings is 1. The van der Waals surface area contributed by atoms with Crippen molar-refractivity contribution < 1.29 is 17.3 Å². The molecule has 0 radical (unpaired) electrons. The molecule has 0 amide bonds. The van der Waals surface area contributed by atoms with E-state index < -0.39 is 15.8 Å². The summed E-state index contributed by atoms with van der Waals surface area (Å²) in [6.07, 6.45) is 1.02. The van der Waals surface area contributed by atoms with Gasteiger partial charge in [0.2, 0.25) is 10.0 Å². The SMILES string of the molecule is CN1CCNCC1c1noc(-c2cc(F)ccc2NS(C)(=O)=O)n1. The van der Waals surface area contributed by atoms with Gasteiger partial charge >= 0.3 is 0 Å². The molecule has 1 atom stereocenters. The molecule has 2 aromatic rings. The lowest BCUT2D eigenvalue weighted by atomic mass is 10.1. The van der Waals surface area contributed by atoms with Crippen molar-refractivity contribution in [2.45, 2.75) is 6.04 Å². The van der Waals surface area contributed by atoms with E-state index in [1.807, 2.05) is 7.05 Å². The standard InChI is InChI=1S/C14H18FN5O3S/c1-20-6-5-16-8-12(20)13-17-14(23-18-13)10-7-9(15)3-4-11(10)19-24(2,21)22/h3-4,7,12,16,19H,5-6,8H2,1-2H3. The fourth-order valence-electron chi connectivity index (χ4n) is 2.56. The summed E-state index contributed by atoms with van der Waals surface area (Å²) >= 11 is 0. The van der Waals surface area contributed by atoms with Crippen molar-refractivity contribution in [1.29, 1.82) is 0 Å².